The minimum atomic E-state index is 0.662. The van der Waals surface area contributed by atoms with Gasteiger partial charge in [-0.15, -0.1) is 0 Å². The predicted molar refractivity (Wildman–Crippen MR) is 92.7 cm³/mol. The van der Waals surface area contributed by atoms with Gasteiger partial charge in [0, 0.05) is 12.6 Å². The van der Waals surface area contributed by atoms with Crippen molar-refractivity contribution in [3.05, 3.63) is 0 Å². The van der Waals surface area contributed by atoms with Gasteiger partial charge in [0.05, 0.1) is 0 Å². The van der Waals surface area contributed by atoms with Crippen LogP contribution in [0.15, 0.2) is 0 Å². The third kappa shape index (κ3) is 4.69. The van der Waals surface area contributed by atoms with E-state index in [4.69, 9.17) is 0 Å². The lowest BCUT2D eigenvalue weighted by Crippen LogP contribution is -2.49. The summed E-state index contributed by atoms with van der Waals surface area (Å²) in [6.45, 7) is 12.1. The molecular weight excluding hydrogens is 256 g/mol. The average Bonchev–Trinajstić information content (AvgIpc) is 2.56. The highest BCUT2D eigenvalue weighted by atomic mass is 15.2. The molecule has 1 atom stereocenters. The first-order valence-electron chi connectivity index (χ1n) is 9.68. The zero-order chi connectivity index (χ0) is 15.1. The van der Waals surface area contributed by atoms with Crippen LogP contribution in [0, 0.1) is 11.3 Å². The van der Waals surface area contributed by atoms with Gasteiger partial charge in [-0.05, 0) is 56.7 Å². The maximum absolute atomic E-state index is 3.81. The molecule has 1 N–H and O–H groups in total. The van der Waals surface area contributed by atoms with E-state index in [9.17, 15) is 0 Å². The SMILES string of the molecule is CCNC(CN1CCC(CC)(CC)CC1)C1CCCCC1. The molecule has 0 aromatic rings. The highest BCUT2D eigenvalue weighted by Crippen LogP contribution is 2.38. The highest BCUT2D eigenvalue weighted by molar-refractivity contribution is 4.87. The highest BCUT2D eigenvalue weighted by Gasteiger charge is 2.33. The zero-order valence-corrected chi connectivity index (χ0v) is 14.8. The van der Waals surface area contributed by atoms with Gasteiger partial charge in [0.1, 0.15) is 0 Å². The smallest absolute Gasteiger partial charge is 0.0223 e. The molecule has 2 heteroatoms. The number of likely N-dealkylation sites (N-methyl/N-ethyl adjacent to an activating group) is 1. The van der Waals surface area contributed by atoms with Gasteiger partial charge in [-0.3, -0.25) is 0 Å². The monoisotopic (exact) mass is 294 g/mol. The van der Waals surface area contributed by atoms with Gasteiger partial charge in [-0.25, -0.2) is 0 Å². The van der Waals surface area contributed by atoms with E-state index in [1.165, 1.54) is 77.4 Å². The molecule has 21 heavy (non-hydrogen) atoms. The topological polar surface area (TPSA) is 15.3 Å². The van der Waals surface area contributed by atoms with Crippen molar-refractivity contribution in [2.75, 3.05) is 26.2 Å². The second kappa shape index (κ2) is 8.53. The molecule has 1 heterocycles. The van der Waals surface area contributed by atoms with Crippen LogP contribution in [-0.4, -0.2) is 37.1 Å². The number of hydrogen-bond donors (Lipinski definition) is 1. The lowest BCUT2D eigenvalue weighted by molar-refractivity contribution is 0.0791. The molecule has 2 rings (SSSR count). The Balaban J connectivity index is 1.84. The maximum atomic E-state index is 3.81. The van der Waals surface area contributed by atoms with Crippen molar-refractivity contribution in [3.63, 3.8) is 0 Å². The van der Waals surface area contributed by atoms with E-state index >= 15 is 0 Å². The Labute approximate surface area is 133 Å². The molecule has 2 nitrogen and oxygen atoms in total. The minimum Gasteiger partial charge on any atom is -0.313 e. The molecular formula is C19H38N2. The second-order valence-corrected chi connectivity index (χ2v) is 7.57. The summed E-state index contributed by atoms with van der Waals surface area (Å²) >= 11 is 0. The average molecular weight is 295 g/mol. The molecule has 1 aliphatic heterocycles. The molecule has 1 unspecified atom stereocenters. The van der Waals surface area contributed by atoms with Crippen LogP contribution in [0.1, 0.15) is 78.6 Å². The second-order valence-electron chi connectivity index (χ2n) is 7.57. The molecule has 0 spiro atoms. The number of hydrogen-bond acceptors (Lipinski definition) is 2. The third-order valence-electron chi connectivity index (χ3n) is 6.56. The Morgan fingerprint density at radius 3 is 2.14 bits per heavy atom. The minimum absolute atomic E-state index is 0.662. The molecule has 0 radical (unpaired) electrons. The Bertz CT molecular complexity index is 269. The van der Waals surface area contributed by atoms with Crippen LogP contribution in [0.2, 0.25) is 0 Å². The summed E-state index contributed by atoms with van der Waals surface area (Å²) < 4.78 is 0. The van der Waals surface area contributed by atoms with E-state index in [2.05, 4.69) is 31.0 Å². The van der Waals surface area contributed by atoms with E-state index in [0.29, 0.717) is 5.41 Å². The van der Waals surface area contributed by atoms with Gasteiger partial charge >= 0.3 is 0 Å². The Hall–Kier alpha value is -0.0800. The van der Waals surface area contributed by atoms with Crippen LogP contribution < -0.4 is 5.32 Å². The van der Waals surface area contributed by atoms with Gasteiger partial charge < -0.3 is 10.2 Å². The summed E-state index contributed by atoms with van der Waals surface area (Å²) in [5.74, 6) is 0.933. The molecule has 2 fully saturated rings. The first-order chi connectivity index (χ1) is 10.2. The molecule has 0 amide bonds. The van der Waals surface area contributed by atoms with Crippen molar-refractivity contribution in [1.29, 1.82) is 0 Å². The van der Waals surface area contributed by atoms with Gasteiger partial charge in [-0.2, -0.15) is 0 Å². The fourth-order valence-electron chi connectivity index (χ4n) is 4.62. The van der Waals surface area contributed by atoms with Crippen molar-refractivity contribution in [2.24, 2.45) is 11.3 Å². The molecule has 0 aromatic heterocycles. The number of likely N-dealkylation sites (tertiary alicyclic amines) is 1. The fraction of sp³-hybridized carbons (Fsp3) is 1.00. The number of nitrogens with zero attached hydrogens (tertiary/aromatic N) is 1. The molecule has 1 saturated heterocycles. The van der Waals surface area contributed by atoms with Crippen LogP contribution in [-0.2, 0) is 0 Å². The van der Waals surface area contributed by atoms with E-state index < -0.39 is 0 Å². The summed E-state index contributed by atoms with van der Waals surface area (Å²) in [5, 5.41) is 3.81. The van der Waals surface area contributed by atoms with Crippen LogP contribution in [0.4, 0.5) is 0 Å². The first kappa shape index (κ1) is 17.3. The van der Waals surface area contributed by atoms with E-state index in [1.807, 2.05) is 0 Å². The first-order valence-corrected chi connectivity index (χ1v) is 9.68. The molecule has 1 aliphatic carbocycles. The summed E-state index contributed by atoms with van der Waals surface area (Å²) in [6, 6.07) is 0.742. The van der Waals surface area contributed by atoms with Gasteiger partial charge in [-0.1, -0.05) is 52.9 Å². The van der Waals surface area contributed by atoms with Crippen molar-refractivity contribution in [3.8, 4) is 0 Å². The maximum Gasteiger partial charge on any atom is 0.0223 e. The summed E-state index contributed by atoms with van der Waals surface area (Å²) in [7, 11) is 0. The fourth-order valence-corrected chi connectivity index (χ4v) is 4.62. The zero-order valence-electron chi connectivity index (χ0n) is 14.8. The van der Waals surface area contributed by atoms with Crippen molar-refractivity contribution < 1.29 is 0 Å². The van der Waals surface area contributed by atoms with Gasteiger partial charge in [0.2, 0.25) is 0 Å². The Morgan fingerprint density at radius 2 is 1.62 bits per heavy atom. The molecule has 2 aliphatic rings. The Kier molecular flexibility index (Phi) is 7.01. The van der Waals surface area contributed by atoms with E-state index in [-0.39, 0.29) is 0 Å². The van der Waals surface area contributed by atoms with Crippen LogP contribution >= 0.6 is 0 Å². The molecule has 0 bridgehead atoms. The quantitative estimate of drug-likeness (QED) is 0.746. The Morgan fingerprint density at radius 1 is 1.00 bits per heavy atom. The van der Waals surface area contributed by atoms with Crippen molar-refractivity contribution in [1.82, 2.24) is 10.2 Å². The van der Waals surface area contributed by atoms with E-state index in [1.54, 1.807) is 0 Å². The summed E-state index contributed by atoms with van der Waals surface area (Å²) in [6.07, 6.45) is 12.9. The summed E-state index contributed by atoms with van der Waals surface area (Å²) in [5.41, 5.74) is 0.662. The van der Waals surface area contributed by atoms with E-state index in [0.717, 1.165) is 18.5 Å². The molecule has 0 aromatic carbocycles. The lowest BCUT2D eigenvalue weighted by atomic mass is 9.74. The lowest BCUT2D eigenvalue weighted by Gasteiger charge is -2.43. The van der Waals surface area contributed by atoms with Crippen LogP contribution in [0.5, 0.6) is 0 Å². The molecule has 1 saturated carbocycles. The molecule has 124 valence electrons. The van der Waals surface area contributed by atoms with Crippen molar-refractivity contribution >= 4 is 0 Å². The van der Waals surface area contributed by atoms with Gasteiger partial charge in [0.25, 0.3) is 0 Å². The predicted octanol–water partition coefficient (Wildman–Crippen LogP) is 4.45. The van der Waals surface area contributed by atoms with Crippen LogP contribution in [0.25, 0.3) is 0 Å². The normalized spacial score (nSPS) is 25.9. The van der Waals surface area contributed by atoms with Crippen molar-refractivity contribution in [2.45, 2.75) is 84.6 Å². The number of rotatable bonds is 7. The van der Waals surface area contributed by atoms with Crippen LogP contribution in [0.3, 0.4) is 0 Å². The largest absolute Gasteiger partial charge is 0.313 e. The number of nitrogens with one attached hydrogen (secondary N) is 1. The van der Waals surface area contributed by atoms with Gasteiger partial charge in [0.15, 0.2) is 0 Å². The summed E-state index contributed by atoms with van der Waals surface area (Å²) in [4.78, 5) is 2.76. The standard InChI is InChI=1S/C19H38N2/c1-4-19(5-2)12-14-21(15-13-19)16-18(20-6-3)17-10-8-7-9-11-17/h17-18,20H,4-16H2,1-3H3. The number of piperidine rings is 1. The third-order valence-corrected chi connectivity index (χ3v) is 6.56.